The van der Waals surface area contributed by atoms with Crippen LogP contribution in [0.5, 0.6) is 5.75 Å². The number of fused-ring (bicyclic) bond motifs is 1. The molecule has 0 spiro atoms. The van der Waals surface area contributed by atoms with E-state index in [1.165, 1.54) is 11.1 Å². The highest BCUT2D eigenvalue weighted by molar-refractivity contribution is 5.68. The van der Waals surface area contributed by atoms with Crippen LogP contribution in [-0.4, -0.2) is 6.61 Å². The van der Waals surface area contributed by atoms with E-state index in [-0.39, 0.29) is 0 Å². The predicted molar refractivity (Wildman–Crippen MR) is 78.5 cm³/mol. The lowest BCUT2D eigenvalue weighted by molar-refractivity contribution is 0.357. The topological polar surface area (TPSA) is 71.1 Å². The second kappa shape index (κ2) is 5.14. The van der Waals surface area contributed by atoms with Gasteiger partial charge in [-0.3, -0.25) is 0 Å². The molecule has 1 heterocycles. The first-order chi connectivity index (χ1) is 9.76. The molecule has 0 aliphatic carbocycles. The third-order valence-corrected chi connectivity index (χ3v) is 3.42. The standard InChI is InChI=1S/C16H15N3O/c17-9-11-1-3-15(14(18)8-11)19-10-12-2-4-16-13(7-12)5-6-20-16/h1-4,7-8,19H,5-6,10,18H2. The van der Waals surface area contributed by atoms with Crippen LogP contribution in [0.1, 0.15) is 16.7 Å². The van der Waals surface area contributed by atoms with Gasteiger partial charge in [0.15, 0.2) is 0 Å². The Morgan fingerprint density at radius 3 is 2.95 bits per heavy atom. The lowest BCUT2D eigenvalue weighted by Gasteiger charge is -2.10. The Morgan fingerprint density at radius 1 is 1.25 bits per heavy atom. The van der Waals surface area contributed by atoms with Gasteiger partial charge in [-0.15, -0.1) is 0 Å². The van der Waals surface area contributed by atoms with Crippen molar-refractivity contribution in [2.24, 2.45) is 0 Å². The smallest absolute Gasteiger partial charge is 0.122 e. The molecule has 1 aliphatic heterocycles. The van der Waals surface area contributed by atoms with E-state index in [1.54, 1.807) is 12.1 Å². The van der Waals surface area contributed by atoms with E-state index in [9.17, 15) is 0 Å². The molecule has 1 aliphatic rings. The van der Waals surface area contributed by atoms with Gasteiger partial charge in [-0.1, -0.05) is 12.1 Å². The van der Waals surface area contributed by atoms with E-state index < -0.39 is 0 Å². The summed E-state index contributed by atoms with van der Waals surface area (Å²) >= 11 is 0. The third kappa shape index (κ3) is 2.39. The molecule has 0 radical (unpaired) electrons. The molecule has 0 saturated heterocycles. The van der Waals surface area contributed by atoms with Gasteiger partial charge in [0, 0.05) is 13.0 Å². The highest BCUT2D eigenvalue weighted by atomic mass is 16.5. The van der Waals surface area contributed by atoms with E-state index in [4.69, 9.17) is 15.7 Å². The number of anilines is 2. The molecule has 2 aromatic carbocycles. The zero-order chi connectivity index (χ0) is 13.9. The average molecular weight is 265 g/mol. The molecular weight excluding hydrogens is 250 g/mol. The zero-order valence-electron chi connectivity index (χ0n) is 11.0. The van der Waals surface area contributed by atoms with Crippen molar-refractivity contribution in [3.05, 3.63) is 53.1 Å². The Hall–Kier alpha value is -2.67. The SMILES string of the molecule is N#Cc1ccc(NCc2ccc3c(c2)CCO3)c(N)c1. The largest absolute Gasteiger partial charge is 0.493 e. The van der Waals surface area contributed by atoms with Crippen molar-refractivity contribution in [3.8, 4) is 11.8 Å². The monoisotopic (exact) mass is 265 g/mol. The summed E-state index contributed by atoms with van der Waals surface area (Å²) in [4.78, 5) is 0. The molecule has 3 N–H and O–H groups in total. The van der Waals surface area contributed by atoms with Gasteiger partial charge in [-0.2, -0.15) is 5.26 Å². The molecule has 20 heavy (non-hydrogen) atoms. The Labute approximate surface area is 117 Å². The molecule has 100 valence electrons. The van der Waals surface area contributed by atoms with E-state index in [0.717, 1.165) is 24.5 Å². The lowest BCUT2D eigenvalue weighted by Crippen LogP contribution is -2.03. The van der Waals surface area contributed by atoms with Crippen LogP contribution in [0, 0.1) is 11.3 Å². The van der Waals surface area contributed by atoms with Crippen LogP contribution in [0.25, 0.3) is 0 Å². The van der Waals surface area contributed by atoms with Gasteiger partial charge < -0.3 is 15.8 Å². The third-order valence-electron chi connectivity index (χ3n) is 3.42. The first kappa shape index (κ1) is 12.4. The zero-order valence-corrected chi connectivity index (χ0v) is 11.0. The number of hydrogen-bond acceptors (Lipinski definition) is 4. The number of nitrogens with zero attached hydrogens (tertiary/aromatic N) is 1. The molecule has 0 bridgehead atoms. The Morgan fingerprint density at radius 2 is 2.15 bits per heavy atom. The second-order valence-corrected chi connectivity index (χ2v) is 4.81. The lowest BCUT2D eigenvalue weighted by atomic mass is 10.1. The minimum Gasteiger partial charge on any atom is -0.493 e. The van der Waals surface area contributed by atoms with Crippen LogP contribution in [0.4, 0.5) is 11.4 Å². The molecule has 0 fully saturated rings. The number of benzene rings is 2. The summed E-state index contributed by atoms with van der Waals surface area (Å²) in [7, 11) is 0. The maximum atomic E-state index is 8.81. The van der Waals surface area contributed by atoms with Gasteiger partial charge in [0.1, 0.15) is 5.75 Å². The fourth-order valence-electron chi connectivity index (χ4n) is 2.34. The number of hydrogen-bond donors (Lipinski definition) is 2. The highest BCUT2D eigenvalue weighted by Gasteiger charge is 2.11. The highest BCUT2D eigenvalue weighted by Crippen LogP contribution is 2.26. The molecule has 2 aromatic rings. The number of nitriles is 1. The first-order valence-corrected chi connectivity index (χ1v) is 6.54. The maximum absolute atomic E-state index is 8.81. The molecular formula is C16H15N3O. The number of nitrogens with one attached hydrogen (secondary N) is 1. The molecule has 3 rings (SSSR count). The van der Waals surface area contributed by atoms with Crippen LogP contribution >= 0.6 is 0 Å². The number of nitrogens with two attached hydrogens (primary N) is 1. The predicted octanol–water partition coefficient (Wildman–Crippen LogP) is 2.69. The van der Waals surface area contributed by atoms with Crippen LogP contribution in [-0.2, 0) is 13.0 Å². The summed E-state index contributed by atoms with van der Waals surface area (Å²) in [5.41, 5.74) is 10.4. The van der Waals surface area contributed by atoms with E-state index in [1.807, 2.05) is 12.1 Å². The van der Waals surface area contributed by atoms with Gasteiger partial charge in [-0.25, -0.2) is 0 Å². The van der Waals surface area contributed by atoms with E-state index in [2.05, 4.69) is 23.5 Å². The summed E-state index contributed by atoms with van der Waals surface area (Å²) < 4.78 is 5.49. The van der Waals surface area contributed by atoms with Crippen LogP contribution < -0.4 is 15.8 Å². The molecule has 0 aromatic heterocycles. The fraction of sp³-hybridized carbons (Fsp3) is 0.188. The van der Waals surface area contributed by atoms with Crippen molar-refractivity contribution in [1.29, 1.82) is 5.26 Å². The Bertz CT molecular complexity index is 689. The minimum atomic E-state index is 0.572. The molecule has 4 heteroatoms. The van der Waals surface area contributed by atoms with Crippen molar-refractivity contribution in [2.45, 2.75) is 13.0 Å². The van der Waals surface area contributed by atoms with Crippen molar-refractivity contribution in [2.75, 3.05) is 17.7 Å². The van der Waals surface area contributed by atoms with Crippen molar-refractivity contribution in [1.82, 2.24) is 0 Å². The summed E-state index contributed by atoms with van der Waals surface area (Å²) in [5.74, 6) is 0.992. The van der Waals surface area contributed by atoms with Crippen molar-refractivity contribution in [3.63, 3.8) is 0 Å². The van der Waals surface area contributed by atoms with Crippen LogP contribution in [0.3, 0.4) is 0 Å². The second-order valence-electron chi connectivity index (χ2n) is 4.81. The molecule has 0 unspecified atom stereocenters. The Balaban J connectivity index is 1.72. The van der Waals surface area contributed by atoms with Gasteiger partial charge >= 0.3 is 0 Å². The van der Waals surface area contributed by atoms with Gasteiger partial charge in [0.05, 0.1) is 29.6 Å². The quantitative estimate of drug-likeness (QED) is 0.837. The molecule has 0 atom stereocenters. The van der Waals surface area contributed by atoms with Gasteiger partial charge in [0.2, 0.25) is 0 Å². The summed E-state index contributed by atoms with van der Waals surface area (Å²) in [5, 5.41) is 12.1. The van der Waals surface area contributed by atoms with Crippen molar-refractivity contribution >= 4 is 11.4 Å². The number of ether oxygens (including phenoxy) is 1. The van der Waals surface area contributed by atoms with Crippen LogP contribution in [0.2, 0.25) is 0 Å². The summed E-state index contributed by atoms with van der Waals surface area (Å²) in [6, 6.07) is 13.6. The summed E-state index contributed by atoms with van der Waals surface area (Å²) in [6.45, 7) is 1.47. The van der Waals surface area contributed by atoms with Gasteiger partial charge in [-0.05, 0) is 35.4 Å². The normalized spacial score (nSPS) is 12.3. The number of nitrogen functional groups attached to an aromatic ring is 1. The number of rotatable bonds is 3. The molecule has 4 nitrogen and oxygen atoms in total. The summed E-state index contributed by atoms with van der Waals surface area (Å²) in [6.07, 6.45) is 0.974. The minimum absolute atomic E-state index is 0.572. The van der Waals surface area contributed by atoms with E-state index >= 15 is 0 Å². The van der Waals surface area contributed by atoms with Crippen LogP contribution in [0.15, 0.2) is 36.4 Å². The van der Waals surface area contributed by atoms with E-state index in [0.29, 0.717) is 17.8 Å². The first-order valence-electron chi connectivity index (χ1n) is 6.54. The average Bonchev–Trinajstić information content (AvgIpc) is 2.93. The maximum Gasteiger partial charge on any atom is 0.122 e. The molecule has 0 amide bonds. The molecule has 0 saturated carbocycles. The van der Waals surface area contributed by atoms with Gasteiger partial charge in [0.25, 0.3) is 0 Å². The Kier molecular flexibility index (Phi) is 3.18. The van der Waals surface area contributed by atoms with Crippen molar-refractivity contribution < 1.29 is 4.74 Å². The fourth-order valence-corrected chi connectivity index (χ4v) is 2.34.